The summed E-state index contributed by atoms with van der Waals surface area (Å²) in [5.41, 5.74) is 0.595. The number of amides is 2. The van der Waals surface area contributed by atoms with Crippen LogP contribution in [0.3, 0.4) is 0 Å². The second-order valence-corrected chi connectivity index (χ2v) is 4.19. The number of carbonyl (C=O) groups is 2. The van der Waals surface area contributed by atoms with Crippen molar-refractivity contribution in [1.29, 1.82) is 0 Å². The Morgan fingerprint density at radius 1 is 1.29 bits per heavy atom. The van der Waals surface area contributed by atoms with Crippen molar-refractivity contribution in [3.05, 3.63) is 24.3 Å². The highest BCUT2D eigenvalue weighted by atomic mass is 35.5. The number of likely N-dealkylation sites (N-methyl/N-ethyl adjacent to an activating group) is 2. The number of carbonyl (C=O) groups excluding carboxylic acids is 2. The molecule has 7 heteroatoms. The maximum Gasteiger partial charge on any atom is 0.244 e. The van der Waals surface area contributed by atoms with Crippen molar-refractivity contribution >= 4 is 29.9 Å². The number of nitrogens with zero attached hydrogens (tertiary/aromatic N) is 1. The molecule has 0 fully saturated rings. The van der Waals surface area contributed by atoms with Crippen molar-refractivity contribution in [3.8, 4) is 5.75 Å². The highest BCUT2D eigenvalue weighted by molar-refractivity contribution is 5.95. The lowest BCUT2D eigenvalue weighted by molar-refractivity contribution is -0.133. The summed E-state index contributed by atoms with van der Waals surface area (Å²) in [6.07, 6.45) is 0. The van der Waals surface area contributed by atoms with Gasteiger partial charge in [-0.3, -0.25) is 9.59 Å². The Kier molecular flexibility index (Phi) is 9.16. The lowest BCUT2D eigenvalue weighted by Gasteiger charge is -2.20. The molecule has 1 aromatic carbocycles. The normalized spacial score (nSPS) is 9.48. The molecule has 118 valence electrons. The molecule has 0 spiro atoms. The minimum atomic E-state index is -0.249. The highest BCUT2D eigenvalue weighted by Crippen LogP contribution is 2.22. The maximum absolute atomic E-state index is 12.0. The first-order valence-electron chi connectivity index (χ1n) is 6.47. The van der Waals surface area contributed by atoms with Crippen LogP contribution in [-0.2, 0) is 9.59 Å². The van der Waals surface area contributed by atoms with Gasteiger partial charge in [0.1, 0.15) is 5.75 Å². The summed E-state index contributed by atoms with van der Waals surface area (Å²) in [5, 5.41) is 5.53. The molecule has 1 aromatic rings. The summed E-state index contributed by atoms with van der Waals surface area (Å²) >= 11 is 0. The molecule has 0 aliphatic carbocycles. The topological polar surface area (TPSA) is 70.7 Å². The van der Waals surface area contributed by atoms with Gasteiger partial charge in [-0.25, -0.2) is 0 Å². The van der Waals surface area contributed by atoms with Crippen molar-refractivity contribution in [2.24, 2.45) is 0 Å². The van der Waals surface area contributed by atoms with Crippen LogP contribution >= 0.6 is 12.4 Å². The number of para-hydroxylation sites is 2. The molecule has 0 aromatic heterocycles. The molecule has 0 heterocycles. The van der Waals surface area contributed by atoms with Gasteiger partial charge in [0.25, 0.3) is 0 Å². The number of rotatable bonds is 7. The summed E-state index contributed by atoms with van der Waals surface area (Å²) in [4.78, 5) is 25.2. The van der Waals surface area contributed by atoms with Crippen LogP contribution in [0.1, 0.15) is 6.92 Å². The molecular weight excluding hydrogens is 294 g/mol. The molecule has 21 heavy (non-hydrogen) atoms. The molecule has 0 radical (unpaired) electrons. The SMILES string of the molecule is CCN(CC(=O)Nc1ccccc1OC)C(=O)CNC.Cl. The Balaban J connectivity index is 0.00000400. The number of nitrogens with one attached hydrogen (secondary N) is 2. The van der Waals surface area contributed by atoms with E-state index in [0.717, 1.165) is 0 Å². The average molecular weight is 316 g/mol. The van der Waals surface area contributed by atoms with Crippen LogP contribution in [0.5, 0.6) is 5.75 Å². The van der Waals surface area contributed by atoms with E-state index in [4.69, 9.17) is 4.74 Å². The van der Waals surface area contributed by atoms with Crippen LogP contribution in [-0.4, -0.2) is 50.5 Å². The number of benzene rings is 1. The van der Waals surface area contributed by atoms with Crippen LogP contribution in [0.25, 0.3) is 0 Å². The van der Waals surface area contributed by atoms with Gasteiger partial charge >= 0.3 is 0 Å². The lowest BCUT2D eigenvalue weighted by Crippen LogP contribution is -2.41. The number of ether oxygens (including phenoxy) is 1. The summed E-state index contributed by atoms with van der Waals surface area (Å²) in [5.74, 6) is 0.233. The minimum Gasteiger partial charge on any atom is -0.495 e. The minimum absolute atomic E-state index is 0. The smallest absolute Gasteiger partial charge is 0.244 e. The first-order chi connectivity index (χ1) is 9.62. The second kappa shape index (κ2) is 10.0. The third-order valence-corrected chi connectivity index (χ3v) is 2.78. The molecule has 2 amide bonds. The Morgan fingerprint density at radius 3 is 2.52 bits per heavy atom. The maximum atomic E-state index is 12.0. The molecule has 2 N–H and O–H groups in total. The van der Waals surface area contributed by atoms with Gasteiger partial charge in [-0.05, 0) is 26.1 Å². The van der Waals surface area contributed by atoms with E-state index in [1.54, 1.807) is 26.3 Å². The first-order valence-corrected chi connectivity index (χ1v) is 6.47. The van der Waals surface area contributed by atoms with E-state index in [0.29, 0.717) is 18.0 Å². The van der Waals surface area contributed by atoms with Gasteiger partial charge in [-0.1, -0.05) is 12.1 Å². The summed E-state index contributed by atoms with van der Waals surface area (Å²) in [6.45, 7) is 2.56. The van der Waals surface area contributed by atoms with E-state index in [9.17, 15) is 9.59 Å². The van der Waals surface area contributed by atoms with E-state index in [2.05, 4.69) is 10.6 Å². The zero-order valence-electron chi connectivity index (χ0n) is 12.5. The summed E-state index contributed by atoms with van der Waals surface area (Å²) in [7, 11) is 3.24. The number of hydrogen-bond donors (Lipinski definition) is 2. The van der Waals surface area contributed by atoms with Crippen LogP contribution in [0.2, 0.25) is 0 Å². The van der Waals surface area contributed by atoms with E-state index >= 15 is 0 Å². The van der Waals surface area contributed by atoms with Crippen molar-refractivity contribution in [2.75, 3.05) is 39.1 Å². The molecular formula is C14H22ClN3O3. The molecule has 1 rings (SSSR count). The van der Waals surface area contributed by atoms with E-state index < -0.39 is 0 Å². The summed E-state index contributed by atoms with van der Waals surface area (Å²) in [6, 6.07) is 7.15. The van der Waals surface area contributed by atoms with E-state index in [-0.39, 0.29) is 37.3 Å². The molecule has 0 aliphatic heterocycles. The molecule has 0 unspecified atom stereocenters. The predicted octanol–water partition coefficient (Wildman–Crippen LogP) is 1.12. The van der Waals surface area contributed by atoms with Crippen molar-refractivity contribution < 1.29 is 14.3 Å². The molecule has 0 bridgehead atoms. The van der Waals surface area contributed by atoms with Gasteiger partial charge in [0, 0.05) is 6.54 Å². The van der Waals surface area contributed by atoms with Gasteiger partial charge in [0.2, 0.25) is 11.8 Å². The fourth-order valence-electron chi connectivity index (χ4n) is 1.75. The predicted molar refractivity (Wildman–Crippen MR) is 85.1 cm³/mol. The monoisotopic (exact) mass is 315 g/mol. The third-order valence-electron chi connectivity index (χ3n) is 2.78. The quantitative estimate of drug-likeness (QED) is 0.791. The van der Waals surface area contributed by atoms with Gasteiger partial charge in [-0.15, -0.1) is 12.4 Å². The van der Waals surface area contributed by atoms with Gasteiger partial charge < -0.3 is 20.3 Å². The highest BCUT2D eigenvalue weighted by Gasteiger charge is 2.15. The fraction of sp³-hybridized carbons (Fsp3) is 0.429. The average Bonchev–Trinajstić information content (AvgIpc) is 2.45. The van der Waals surface area contributed by atoms with Crippen LogP contribution in [0.15, 0.2) is 24.3 Å². The molecule has 6 nitrogen and oxygen atoms in total. The zero-order valence-corrected chi connectivity index (χ0v) is 13.3. The van der Waals surface area contributed by atoms with Gasteiger partial charge in [-0.2, -0.15) is 0 Å². The van der Waals surface area contributed by atoms with Gasteiger partial charge in [0.15, 0.2) is 0 Å². The van der Waals surface area contributed by atoms with Crippen LogP contribution in [0, 0.1) is 0 Å². The second-order valence-electron chi connectivity index (χ2n) is 4.19. The number of methoxy groups -OCH3 is 1. The van der Waals surface area contributed by atoms with E-state index in [1.807, 2.05) is 19.1 Å². The number of hydrogen-bond acceptors (Lipinski definition) is 4. The zero-order chi connectivity index (χ0) is 15.0. The van der Waals surface area contributed by atoms with Crippen molar-refractivity contribution in [3.63, 3.8) is 0 Å². The Bertz CT molecular complexity index is 469. The Labute approximate surface area is 131 Å². The molecule has 0 saturated heterocycles. The standard InChI is InChI=1S/C14H21N3O3.ClH/c1-4-17(14(19)9-15-2)10-13(18)16-11-7-5-6-8-12(11)20-3;/h5-8,15H,4,9-10H2,1-3H3,(H,16,18);1H. The largest absolute Gasteiger partial charge is 0.495 e. The number of anilines is 1. The molecule has 0 aliphatic rings. The lowest BCUT2D eigenvalue weighted by atomic mass is 10.3. The van der Waals surface area contributed by atoms with Crippen molar-refractivity contribution in [2.45, 2.75) is 6.92 Å². The molecule has 0 atom stereocenters. The van der Waals surface area contributed by atoms with Crippen LogP contribution in [0.4, 0.5) is 5.69 Å². The Hall–Kier alpha value is -1.79. The summed E-state index contributed by atoms with van der Waals surface area (Å²) < 4.78 is 5.16. The van der Waals surface area contributed by atoms with Crippen molar-refractivity contribution in [1.82, 2.24) is 10.2 Å². The first kappa shape index (κ1) is 19.2. The van der Waals surface area contributed by atoms with Gasteiger partial charge in [0.05, 0.1) is 25.9 Å². The fourth-order valence-corrected chi connectivity index (χ4v) is 1.75. The van der Waals surface area contributed by atoms with Crippen LogP contribution < -0.4 is 15.4 Å². The Morgan fingerprint density at radius 2 is 1.95 bits per heavy atom. The molecule has 0 saturated carbocycles. The third kappa shape index (κ3) is 6.01. The van der Waals surface area contributed by atoms with E-state index in [1.165, 1.54) is 4.90 Å². The number of halogens is 1.